The van der Waals surface area contributed by atoms with Crippen LogP contribution in [0, 0.1) is 6.92 Å². The lowest BCUT2D eigenvalue weighted by Gasteiger charge is -2.02. The molecule has 0 bridgehead atoms. The molecular weight excluding hydrogens is 250 g/mol. The van der Waals surface area contributed by atoms with E-state index in [9.17, 15) is 4.79 Å². The topological polar surface area (TPSA) is 38.3 Å². The quantitative estimate of drug-likeness (QED) is 0.661. The van der Waals surface area contributed by atoms with Gasteiger partial charge in [-0.3, -0.25) is 4.79 Å². The summed E-state index contributed by atoms with van der Waals surface area (Å²) in [7, 11) is 1.63. The molecule has 0 saturated carbocycles. The van der Waals surface area contributed by atoms with Gasteiger partial charge in [-0.2, -0.15) is 0 Å². The minimum atomic E-state index is -0.0222. The van der Waals surface area contributed by atoms with Gasteiger partial charge in [-0.15, -0.1) is 0 Å². The number of nitrogens with one attached hydrogen (secondary N) is 1. The number of benzene rings is 2. The molecule has 2 rings (SSSR count). The second kappa shape index (κ2) is 6.57. The summed E-state index contributed by atoms with van der Waals surface area (Å²) in [4.78, 5) is 11.9. The summed E-state index contributed by atoms with van der Waals surface area (Å²) in [5.41, 5.74) is 2.73. The maximum absolute atomic E-state index is 11.9. The van der Waals surface area contributed by atoms with E-state index in [-0.39, 0.29) is 5.78 Å². The summed E-state index contributed by atoms with van der Waals surface area (Å²) in [6.07, 6.45) is 3.17. The van der Waals surface area contributed by atoms with E-state index in [1.807, 2.05) is 55.5 Å². The van der Waals surface area contributed by atoms with E-state index in [2.05, 4.69) is 5.32 Å². The van der Waals surface area contributed by atoms with Crippen LogP contribution in [-0.2, 0) is 0 Å². The van der Waals surface area contributed by atoms with E-state index >= 15 is 0 Å². The smallest absolute Gasteiger partial charge is 0.187 e. The van der Waals surface area contributed by atoms with Crippen molar-refractivity contribution in [2.45, 2.75) is 6.92 Å². The minimum absolute atomic E-state index is 0.0222. The van der Waals surface area contributed by atoms with Crippen LogP contribution in [0.5, 0.6) is 5.75 Å². The molecule has 0 amide bonds. The van der Waals surface area contributed by atoms with Crippen LogP contribution in [0.15, 0.2) is 60.8 Å². The first-order chi connectivity index (χ1) is 9.69. The van der Waals surface area contributed by atoms with E-state index in [0.29, 0.717) is 5.56 Å². The number of ether oxygens (including phenoxy) is 1. The van der Waals surface area contributed by atoms with Gasteiger partial charge in [-0.1, -0.05) is 29.8 Å². The van der Waals surface area contributed by atoms with Crippen molar-refractivity contribution in [1.29, 1.82) is 0 Å². The third-order valence-electron chi connectivity index (χ3n) is 2.91. The van der Waals surface area contributed by atoms with Crippen molar-refractivity contribution in [3.05, 3.63) is 71.9 Å². The van der Waals surface area contributed by atoms with Crippen molar-refractivity contribution in [2.75, 3.05) is 12.4 Å². The molecule has 102 valence electrons. The first-order valence-corrected chi connectivity index (χ1v) is 6.37. The predicted octanol–water partition coefficient (Wildman–Crippen LogP) is 3.81. The molecule has 1 N–H and O–H groups in total. The highest BCUT2D eigenvalue weighted by atomic mass is 16.5. The molecule has 0 heterocycles. The summed E-state index contributed by atoms with van der Waals surface area (Å²) in [6, 6.07) is 15.0. The van der Waals surface area contributed by atoms with E-state index in [1.165, 1.54) is 6.08 Å². The van der Waals surface area contributed by atoms with E-state index in [4.69, 9.17) is 4.74 Å². The SMILES string of the molecule is COc1ccc(N/C=C\C(=O)c2ccc(C)cc2)cc1. The van der Waals surface area contributed by atoms with Gasteiger partial charge >= 0.3 is 0 Å². The third-order valence-corrected chi connectivity index (χ3v) is 2.91. The van der Waals surface area contributed by atoms with Gasteiger partial charge in [0.25, 0.3) is 0 Å². The molecule has 0 fully saturated rings. The van der Waals surface area contributed by atoms with Gasteiger partial charge in [0, 0.05) is 23.5 Å². The first-order valence-electron chi connectivity index (χ1n) is 6.37. The van der Waals surface area contributed by atoms with Crippen LogP contribution in [0.25, 0.3) is 0 Å². The zero-order valence-corrected chi connectivity index (χ0v) is 11.6. The number of hydrogen-bond acceptors (Lipinski definition) is 3. The first kappa shape index (κ1) is 13.9. The average Bonchev–Trinajstić information content (AvgIpc) is 2.48. The van der Waals surface area contributed by atoms with Gasteiger partial charge < -0.3 is 10.1 Å². The lowest BCUT2D eigenvalue weighted by Crippen LogP contribution is -1.96. The zero-order valence-electron chi connectivity index (χ0n) is 11.6. The van der Waals surface area contributed by atoms with Gasteiger partial charge in [0.1, 0.15) is 5.75 Å². The number of rotatable bonds is 5. The van der Waals surface area contributed by atoms with Crippen molar-refractivity contribution < 1.29 is 9.53 Å². The summed E-state index contributed by atoms with van der Waals surface area (Å²) in [6.45, 7) is 2.00. The van der Waals surface area contributed by atoms with E-state index in [0.717, 1.165) is 17.0 Å². The second-order valence-corrected chi connectivity index (χ2v) is 4.44. The number of allylic oxidation sites excluding steroid dienone is 1. The maximum atomic E-state index is 11.9. The van der Waals surface area contributed by atoms with Crippen LogP contribution < -0.4 is 10.1 Å². The molecule has 0 atom stereocenters. The highest BCUT2D eigenvalue weighted by Gasteiger charge is 2.00. The zero-order chi connectivity index (χ0) is 14.4. The lowest BCUT2D eigenvalue weighted by molar-refractivity contribution is 0.104. The molecule has 0 spiro atoms. The summed E-state index contributed by atoms with van der Waals surface area (Å²) in [5.74, 6) is 0.779. The third kappa shape index (κ3) is 3.72. The van der Waals surface area contributed by atoms with Gasteiger partial charge in [-0.25, -0.2) is 0 Å². The Morgan fingerprint density at radius 3 is 2.30 bits per heavy atom. The summed E-state index contributed by atoms with van der Waals surface area (Å²) in [5, 5.41) is 3.05. The number of methoxy groups -OCH3 is 1. The highest BCUT2D eigenvalue weighted by Crippen LogP contribution is 2.14. The number of ketones is 1. The van der Waals surface area contributed by atoms with Gasteiger partial charge in [-0.05, 0) is 31.2 Å². The Bertz CT molecular complexity index is 598. The van der Waals surface area contributed by atoms with Gasteiger partial charge in [0.15, 0.2) is 5.78 Å². The highest BCUT2D eigenvalue weighted by molar-refractivity contribution is 6.04. The van der Waals surface area contributed by atoms with Crippen LogP contribution >= 0.6 is 0 Å². The normalized spacial score (nSPS) is 10.5. The Morgan fingerprint density at radius 2 is 1.70 bits per heavy atom. The molecule has 3 heteroatoms. The molecule has 2 aromatic rings. The lowest BCUT2D eigenvalue weighted by atomic mass is 10.1. The molecule has 0 saturated heterocycles. The number of aryl methyl sites for hydroxylation is 1. The van der Waals surface area contributed by atoms with Crippen LogP contribution in [0.2, 0.25) is 0 Å². The fourth-order valence-electron chi connectivity index (χ4n) is 1.71. The van der Waals surface area contributed by atoms with Crippen LogP contribution in [0.4, 0.5) is 5.69 Å². The van der Waals surface area contributed by atoms with Gasteiger partial charge in [0.2, 0.25) is 0 Å². The van der Waals surface area contributed by atoms with Crippen molar-refractivity contribution >= 4 is 11.5 Å². The molecule has 0 aliphatic carbocycles. The van der Waals surface area contributed by atoms with Crippen LogP contribution in [0.1, 0.15) is 15.9 Å². The maximum Gasteiger partial charge on any atom is 0.187 e. The Balaban J connectivity index is 1.95. The molecule has 0 aliphatic heterocycles. The van der Waals surface area contributed by atoms with E-state index in [1.54, 1.807) is 13.3 Å². The number of carbonyl (C=O) groups excluding carboxylic acids is 1. The summed E-state index contributed by atoms with van der Waals surface area (Å²) >= 11 is 0. The van der Waals surface area contributed by atoms with Gasteiger partial charge in [0.05, 0.1) is 7.11 Å². The van der Waals surface area contributed by atoms with Crippen molar-refractivity contribution in [1.82, 2.24) is 0 Å². The second-order valence-electron chi connectivity index (χ2n) is 4.44. The molecular formula is C17H17NO2. The molecule has 20 heavy (non-hydrogen) atoms. The van der Waals surface area contributed by atoms with Crippen molar-refractivity contribution in [3.8, 4) is 5.75 Å². The fourth-order valence-corrected chi connectivity index (χ4v) is 1.71. The number of hydrogen-bond donors (Lipinski definition) is 1. The molecule has 2 aromatic carbocycles. The van der Waals surface area contributed by atoms with Crippen LogP contribution in [-0.4, -0.2) is 12.9 Å². The molecule has 0 unspecified atom stereocenters. The van der Waals surface area contributed by atoms with E-state index < -0.39 is 0 Å². The number of anilines is 1. The largest absolute Gasteiger partial charge is 0.497 e. The molecule has 3 nitrogen and oxygen atoms in total. The van der Waals surface area contributed by atoms with Crippen molar-refractivity contribution in [2.24, 2.45) is 0 Å². The molecule has 0 aromatic heterocycles. The number of carbonyl (C=O) groups is 1. The average molecular weight is 267 g/mol. The van der Waals surface area contributed by atoms with Crippen molar-refractivity contribution in [3.63, 3.8) is 0 Å². The minimum Gasteiger partial charge on any atom is -0.497 e. The monoisotopic (exact) mass is 267 g/mol. The Labute approximate surface area is 118 Å². The molecule has 0 aliphatic rings. The standard InChI is InChI=1S/C17H17NO2/c1-13-3-5-14(6-4-13)17(19)11-12-18-15-7-9-16(20-2)10-8-15/h3-12,18H,1-2H3/b12-11-. The van der Waals surface area contributed by atoms with Crippen LogP contribution in [0.3, 0.4) is 0 Å². The Morgan fingerprint density at radius 1 is 1.05 bits per heavy atom. The predicted molar refractivity (Wildman–Crippen MR) is 81.3 cm³/mol. The Kier molecular flexibility index (Phi) is 4.56. The molecule has 0 radical (unpaired) electrons. The fraction of sp³-hybridized carbons (Fsp3) is 0.118. The Hall–Kier alpha value is -2.55. The summed E-state index contributed by atoms with van der Waals surface area (Å²) < 4.78 is 5.08.